The molecule has 2 aromatic rings. The van der Waals surface area contributed by atoms with Gasteiger partial charge in [0, 0.05) is 4.47 Å². The molecule has 0 saturated heterocycles. The zero-order valence-corrected chi connectivity index (χ0v) is 14.9. The lowest BCUT2D eigenvalue weighted by atomic mass is 10.1. The Balaban J connectivity index is 1.95. The number of amides is 1. The summed E-state index contributed by atoms with van der Waals surface area (Å²) in [7, 11) is -3.74. The summed E-state index contributed by atoms with van der Waals surface area (Å²) in [6.07, 6.45) is 0. The summed E-state index contributed by atoms with van der Waals surface area (Å²) in [5.41, 5.74) is 0.953. The Hall–Kier alpha value is -1.70. The van der Waals surface area contributed by atoms with Gasteiger partial charge in [0.2, 0.25) is 15.9 Å². The van der Waals surface area contributed by atoms with Crippen molar-refractivity contribution in [1.29, 1.82) is 0 Å². The number of rotatable bonds is 6. The van der Waals surface area contributed by atoms with Crippen LogP contribution in [0.2, 0.25) is 0 Å². The Labute approximate surface area is 144 Å². The smallest absolute Gasteiger partial charge is 0.242 e. The Morgan fingerprint density at radius 2 is 1.70 bits per heavy atom. The topological polar surface area (TPSA) is 75.3 Å². The molecule has 0 aliphatic heterocycles. The third-order valence-corrected chi connectivity index (χ3v) is 5.64. The predicted octanol–water partition coefficient (Wildman–Crippen LogP) is 2.60. The molecule has 23 heavy (non-hydrogen) atoms. The van der Waals surface area contributed by atoms with Crippen molar-refractivity contribution in [3.8, 4) is 0 Å². The van der Waals surface area contributed by atoms with Gasteiger partial charge in [0.05, 0.1) is 17.5 Å². The summed E-state index contributed by atoms with van der Waals surface area (Å²) in [5, 5.41) is 2.76. The summed E-state index contributed by atoms with van der Waals surface area (Å²) < 4.78 is 27.1. The van der Waals surface area contributed by atoms with E-state index in [-0.39, 0.29) is 17.5 Å². The summed E-state index contributed by atoms with van der Waals surface area (Å²) >= 11 is 3.19. The van der Waals surface area contributed by atoms with Gasteiger partial charge in [-0.1, -0.05) is 42.5 Å². The quantitative estimate of drug-likeness (QED) is 0.787. The van der Waals surface area contributed by atoms with Crippen LogP contribution in [0.1, 0.15) is 18.5 Å². The van der Waals surface area contributed by atoms with E-state index in [4.69, 9.17) is 0 Å². The van der Waals surface area contributed by atoms with Crippen LogP contribution >= 0.6 is 15.9 Å². The first-order valence-corrected chi connectivity index (χ1v) is 9.26. The van der Waals surface area contributed by atoms with Crippen molar-refractivity contribution in [2.45, 2.75) is 17.9 Å². The first-order chi connectivity index (χ1) is 10.9. The third-order valence-electron chi connectivity index (χ3n) is 3.23. The van der Waals surface area contributed by atoms with E-state index in [1.165, 1.54) is 6.07 Å². The van der Waals surface area contributed by atoms with E-state index in [9.17, 15) is 13.2 Å². The summed E-state index contributed by atoms with van der Waals surface area (Å²) in [6, 6.07) is 15.7. The third kappa shape index (κ3) is 4.89. The van der Waals surface area contributed by atoms with E-state index >= 15 is 0 Å². The molecule has 0 fully saturated rings. The molecule has 0 heterocycles. The van der Waals surface area contributed by atoms with Crippen molar-refractivity contribution >= 4 is 31.9 Å². The molecule has 0 radical (unpaired) electrons. The average Bonchev–Trinajstić information content (AvgIpc) is 2.54. The van der Waals surface area contributed by atoms with Gasteiger partial charge in [-0.15, -0.1) is 0 Å². The molecule has 0 unspecified atom stereocenters. The fraction of sp³-hybridized carbons (Fsp3) is 0.188. The van der Waals surface area contributed by atoms with E-state index in [1.54, 1.807) is 18.2 Å². The van der Waals surface area contributed by atoms with Crippen molar-refractivity contribution in [2.24, 2.45) is 0 Å². The highest BCUT2D eigenvalue weighted by Gasteiger charge is 2.18. The number of hydrogen-bond acceptors (Lipinski definition) is 3. The van der Waals surface area contributed by atoms with Crippen LogP contribution in [0.5, 0.6) is 0 Å². The van der Waals surface area contributed by atoms with Crippen molar-refractivity contribution < 1.29 is 13.2 Å². The second-order valence-corrected chi connectivity index (χ2v) is 7.54. The van der Waals surface area contributed by atoms with Crippen LogP contribution in [-0.4, -0.2) is 20.9 Å². The van der Waals surface area contributed by atoms with Crippen LogP contribution < -0.4 is 10.0 Å². The van der Waals surface area contributed by atoms with E-state index in [1.807, 2.05) is 37.3 Å². The lowest BCUT2D eigenvalue weighted by molar-refractivity contribution is -0.120. The maximum absolute atomic E-state index is 12.2. The second kappa shape index (κ2) is 7.72. The van der Waals surface area contributed by atoms with Gasteiger partial charge in [0.25, 0.3) is 0 Å². The first-order valence-electron chi connectivity index (χ1n) is 6.98. The van der Waals surface area contributed by atoms with Gasteiger partial charge in [-0.3, -0.25) is 4.79 Å². The Morgan fingerprint density at radius 1 is 1.09 bits per heavy atom. The molecule has 2 aromatic carbocycles. The van der Waals surface area contributed by atoms with Crippen molar-refractivity contribution in [2.75, 3.05) is 6.54 Å². The highest BCUT2D eigenvalue weighted by molar-refractivity contribution is 9.10. The second-order valence-electron chi connectivity index (χ2n) is 4.95. The summed E-state index contributed by atoms with van der Waals surface area (Å²) in [5.74, 6) is -0.392. The van der Waals surface area contributed by atoms with Crippen molar-refractivity contribution in [3.05, 3.63) is 64.6 Å². The molecule has 1 amide bonds. The maximum Gasteiger partial charge on any atom is 0.242 e. The van der Waals surface area contributed by atoms with Crippen molar-refractivity contribution in [1.82, 2.24) is 10.0 Å². The van der Waals surface area contributed by atoms with Crippen LogP contribution in [0.4, 0.5) is 0 Å². The van der Waals surface area contributed by atoms with Gasteiger partial charge >= 0.3 is 0 Å². The number of carbonyl (C=O) groups excluding carboxylic acids is 1. The first kappa shape index (κ1) is 17.7. The molecule has 0 spiro atoms. The highest BCUT2D eigenvalue weighted by Crippen LogP contribution is 2.20. The number of sulfonamides is 1. The van der Waals surface area contributed by atoms with Gasteiger partial charge in [-0.05, 0) is 40.5 Å². The largest absolute Gasteiger partial charge is 0.348 e. The molecular formula is C16H17BrN2O3S. The van der Waals surface area contributed by atoms with Crippen LogP contribution in [0.3, 0.4) is 0 Å². The van der Waals surface area contributed by atoms with E-state index < -0.39 is 15.9 Å². The average molecular weight is 397 g/mol. The standard InChI is InChI=1S/C16H17BrN2O3S/c1-12(13-7-3-2-4-8-13)19-16(20)11-18-23(21,22)15-10-6-5-9-14(15)17/h2-10,12,18H,11H2,1H3,(H,19,20)/t12-/m0/s1. The van der Waals surface area contributed by atoms with Gasteiger partial charge in [-0.25, -0.2) is 13.1 Å². The minimum Gasteiger partial charge on any atom is -0.348 e. The molecule has 1 atom stereocenters. The number of carbonyl (C=O) groups is 1. The lowest BCUT2D eigenvalue weighted by Crippen LogP contribution is -2.38. The zero-order valence-electron chi connectivity index (χ0n) is 12.5. The molecule has 0 bridgehead atoms. The lowest BCUT2D eigenvalue weighted by Gasteiger charge is -2.15. The van der Waals surface area contributed by atoms with E-state index in [2.05, 4.69) is 26.0 Å². The number of hydrogen-bond donors (Lipinski definition) is 2. The number of halogens is 1. The van der Waals surface area contributed by atoms with Crippen molar-refractivity contribution in [3.63, 3.8) is 0 Å². The SMILES string of the molecule is C[C@H](NC(=O)CNS(=O)(=O)c1ccccc1Br)c1ccccc1. The minimum absolute atomic E-state index is 0.101. The maximum atomic E-state index is 12.2. The fourth-order valence-electron chi connectivity index (χ4n) is 2.02. The van der Waals surface area contributed by atoms with Gasteiger partial charge < -0.3 is 5.32 Å². The van der Waals surface area contributed by atoms with Crippen LogP contribution in [0.25, 0.3) is 0 Å². The Kier molecular flexibility index (Phi) is 5.92. The molecule has 5 nitrogen and oxygen atoms in total. The molecule has 2 rings (SSSR count). The molecular weight excluding hydrogens is 380 g/mol. The van der Waals surface area contributed by atoms with Gasteiger partial charge in [0.1, 0.15) is 0 Å². The molecule has 0 aliphatic rings. The van der Waals surface area contributed by atoms with Crippen LogP contribution in [-0.2, 0) is 14.8 Å². The number of nitrogens with one attached hydrogen (secondary N) is 2. The molecule has 0 saturated carbocycles. The van der Waals surface area contributed by atoms with Crippen LogP contribution in [0, 0.1) is 0 Å². The van der Waals surface area contributed by atoms with E-state index in [0.717, 1.165) is 5.56 Å². The molecule has 0 aliphatic carbocycles. The summed E-state index contributed by atoms with van der Waals surface area (Å²) in [6.45, 7) is 1.52. The van der Waals surface area contributed by atoms with Gasteiger partial charge in [-0.2, -0.15) is 0 Å². The molecule has 2 N–H and O–H groups in total. The fourth-order valence-corrected chi connectivity index (χ4v) is 4.00. The minimum atomic E-state index is -3.74. The zero-order chi connectivity index (χ0) is 16.9. The van der Waals surface area contributed by atoms with Gasteiger partial charge in [0.15, 0.2) is 0 Å². The Bertz CT molecular complexity index is 779. The number of benzene rings is 2. The summed E-state index contributed by atoms with van der Waals surface area (Å²) in [4.78, 5) is 12.0. The highest BCUT2D eigenvalue weighted by atomic mass is 79.9. The predicted molar refractivity (Wildman–Crippen MR) is 92.3 cm³/mol. The molecule has 0 aromatic heterocycles. The molecule has 122 valence electrons. The van der Waals surface area contributed by atoms with Crippen LogP contribution in [0.15, 0.2) is 64.0 Å². The normalized spacial score (nSPS) is 12.6. The Morgan fingerprint density at radius 3 is 2.35 bits per heavy atom. The molecule has 7 heteroatoms. The monoisotopic (exact) mass is 396 g/mol. The van der Waals surface area contributed by atoms with E-state index in [0.29, 0.717) is 4.47 Å².